The number of guanidine groups is 1. The van der Waals surface area contributed by atoms with Gasteiger partial charge in [-0.25, -0.2) is 0 Å². The number of likely N-dealkylation sites (N-methyl/N-ethyl adjacent to an activating group) is 1. The fourth-order valence-corrected chi connectivity index (χ4v) is 4.82. The highest BCUT2D eigenvalue weighted by molar-refractivity contribution is 14.0. The van der Waals surface area contributed by atoms with Gasteiger partial charge in [0, 0.05) is 45.9 Å². The molecule has 0 bridgehead atoms. The molecule has 6 nitrogen and oxygen atoms in total. The number of ether oxygens (including phenoxy) is 2. The Bertz CT molecular complexity index is 688. The summed E-state index contributed by atoms with van der Waals surface area (Å²) >= 11 is 0. The van der Waals surface area contributed by atoms with Crippen LogP contribution in [0, 0.1) is 5.41 Å². The molecule has 1 saturated heterocycles. The Morgan fingerprint density at radius 2 is 1.97 bits per heavy atom. The lowest BCUT2D eigenvalue weighted by atomic mass is 9.83. The lowest BCUT2D eigenvalue weighted by Crippen LogP contribution is -2.42. The van der Waals surface area contributed by atoms with Crippen molar-refractivity contribution in [2.24, 2.45) is 10.4 Å². The van der Waals surface area contributed by atoms with E-state index in [1.165, 1.54) is 37.7 Å². The van der Waals surface area contributed by atoms with Gasteiger partial charge in [0.25, 0.3) is 0 Å². The SMILES string of the molecule is CCC1(CNC(=NC)NCc2cccc(OCCN(C)C3CCOCC3)c2)CCCC1.I. The Kier molecular flexibility index (Phi) is 12.1. The largest absolute Gasteiger partial charge is 0.492 e. The molecule has 0 amide bonds. The highest BCUT2D eigenvalue weighted by Crippen LogP contribution is 2.40. The minimum atomic E-state index is 0. The number of nitrogens with zero attached hydrogens (tertiary/aromatic N) is 2. The molecule has 0 unspecified atom stereocenters. The van der Waals surface area contributed by atoms with Crippen LogP contribution in [0.3, 0.4) is 0 Å². The van der Waals surface area contributed by atoms with Gasteiger partial charge in [-0.15, -0.1) is 24.0 Å². The molecule has 2 fully saturated rings. The first-order chi connectivity index (χ1) is 15.1. The molecule has 0 radical (unpaired) electrons. The van der Waals surface area contributed by atoms with Crippen molar-refractivity contribution >= 4 is 29.9 Å². The summed E-state index contributed by atoms with van der Waals surface area (Å²) in [6.07, 6.45) is 8.85. The van der Waals surface area contributed by atoms with Gasteiger partial charge in [0.1, 0.15) is 12.4 Å². The molecule has 2 aliphatic rings. The summed E-state index contributed by atoms with van der Waals surface area (Å²) in [6, 6.07) is 8.97. The van der Waals surface area contributed by atoms with Crippen molar-refractivity contribution < 1.29 is 9.47 Å². The molecule has 3 rings (SSSR count). The van der Waals surface area contributed by atoms with Crippen molar-refractivity contribution in [3.05, 3.63) is 29.8 Å². The summed E-state index contributed by atoms with van der Waals surface area (Å²) in [6.45, 7) is 7.45. The van der Waals surface area contributed by atoms with Gasteiger partial charge in [0.05, 0.1) is 0 Å². The molecule has 2 N–H and O–H groups in total. The Balaban J connectivity index is 0.00000363. The van der Waals surface area contributed by atoms with Gasteiger partial charge in [-0.1, -0.05) is 31.9 Å². The van der Waals surface area contributed by atoms with Crippen molar-refractivity contribution in [3.63, 3.8) is 0 Å². The molecule has 1 aliphatic heterocycles. The second kappa shape index (κ2) is 14.3. The first kappa shape index (κ1) is 27.2. The molecular formula is C25H43IN4O2. The van der Waals surface area contributed by atoms with Gasteiger partial charge in [-0.05, 0) is 62.3 Å². The molecule has 1 aromatic rings. The molecule has 182 valence electrons. The summed E-state index contributed by atoms with van der Waals surface area (Å²) in [4.78, 5) is 6.81. The van der Waals surface area contributed by atoms with Crippen LogP contribution >= 0.6 is 24.0 Å². The van der Waals surface area contributed by atoms with Crippen molar-refractivity contribution in [2.45, 2.75) is 64.5 Å². The highest BCUT2D eigenvalue weighted by atomic mass is 127. The van der Waals surface area contributed by atoms with E-state index in [-0.39, 0.29) is 24.0 Å². The van der Waals surface area contributed by atoms with Crippen LogP contribution < -0.4 is 15.4 Å². The normalized spacial score (nSPS) is 18.9. The van der Waals surface area contributed by atoms with Crippen molar-refractivity contribution in [3.8, 4) is 5.75 Å². The number of benzene rings is 1. The minimum Gasteiger partial charge on any atom is -0.492 e. The van der Waals surface area contributed by atoms with Crippen LogP contribution in [0.4, 0.5) is 0 Å². The number of nitrogens with one attached hydrogen (secondary N) is 2. The van der Waals surface area contributed by atoms with E-state index >= 15 is 0 Å². The number of rotatable bonds is 10. The predicted molar refractivity (Wildman–Crippen MR) is 143 cm³/mol. The molecule has 0 spiro atoms. The van der Waals surface area contributed by atoms with E-state index in [4.69, 9.17) is 9.47 Å². The third-order valence-corrected chi connectivity index (χ3v) is 7.15. The maximum absolute atomic E-state index is 6.04. The molecule has 7 heteroatoms. The zero-order chi connectivity index (χ0) is 21.9. The third-order valence-electron chi connectivity index (χ3n) is 7.15. The summed E-state index contributed by atoms with van der Waals surface area (Å²) in [5.74, 6) is 1.81. The monoisotopic (exact) mass is 558 g/mol. The van der Waals surface area contributed by atoms with Gasteiger partial charge >= 0.3 is 0 Å². The van der Waals surface area contributed by atoms with Crippen molar-refractivity contribution in [1.82, 2.24) is 15.5 Å². The molecule has 0 aromatic heterocycles. The van der Waals surface area contributed by atoms with Gasteiger partial charge in [0.2, 0.25) is 0 Å². The second-order valence-corrected chi connectivity index (χ2v) is 9.16. The number of hydrogen-bond donors (Lipinski definition) is 2. The van der Waals surface area contributed by atoms with Gasteiger partial charge < -0.3 is 20.1 Å². The molecule has 32 heavy (non-hydrogen) atoms. The molecule has 1 saturated carbocycles. The number of halogens is 1. The first-order valence-electron chi connectivity index (χ1n) is 12.1. The van der Waals surface area contributed by atoms with E-state index in [1.54, 1.807) is 0 Å². The van der Waals surface area contributed by atoms with Crippen LogP contribution in [0.5, 0.6) is 5.75 Å². The van der Waals surface area contributed by atoms with Crippen LogP contribution in [-0.4, -0.2) is 63.9 Å². The van der Waals surface area contributed by atoms with E-state index in [0.717, 1.165) is 57.4 Å². The topological polar surface area (TPSA) is 58.1 Å². The first-order valence-corrected chi connectivity index (χ1v) is 12.1. The lowest BCUT2D eigenvalue weighted by Gasteiger charge is -2.31. The van der Waals surface area contributed by atoms with E-state index < -0.39 is 0 Å². The van der Waals surface area contributed by atoms with Crippen molar-refractivity contribution in [1.29, 1.82) is 0 Å². The number of hydrogen-bond acceptors (Lipinski definition) is 4. The van der Waals surface area contributed by atoms with E-state index in [2.05, 4.69) is 52.7 Å². The third kappa shape index (κ3) is 8.37. The van der Waals surface area contributed by atoms with E-state index in [9.17, 15) is 0 Å². The minimum absolute atomic E-state index is 0. The predicted octanol–water partition coefficient (Wildman–Crippen LogP) is 4.43. The van der Waals surface area contributed by atoms with Gasteiger partial charge in [-0.3, -0.25) is 9.89 Å². The average Bonchev–Trinajstić information content (AvgIpc) is 3.29. The standard InChI is InChI=1S/C25H42N4O2.HI/c1-4-25(12-5-6-13-25)20-28-24(26-2)27-19-21-8-7-9-23(18-21)31-17-14-29(3)22-10-15-30-16-11-22;/h7-9,18,22H,4-6,10-17,19-20H2,1-3H3,(H2,26,27,28);1H. The molecule has 1 aliphatic carbocycles. The fourth-order valence-electron chi connectivity index (χ4n) is 4.82. The van der Waals surface area contributed by atoms with Crippen LogP contribution in [0.2, 0.25) is 0 Å². The Morgan fingerprint density at radius 3 is 2.66 bits per heavy atom. The maximum atomic E-state index is 6.04. The molecule has 1 heterocycles. The lowest BCUT2D eigenvalue weighted by molar-refractivity contribution is 0.0392. The van der Waals surface area contributed by atoms with Crippen LogP contribution in [0.25, 0.3) is 0 Å². The Hall–Kier alpha value is -1.06. The molecular weight excluding hydrogens is 515 g/mol. The number of aliphatic imine (C=N–C) groups is 1. The Morgan fingerprint density at radius 1 is 1.22 bits per heavy atom. The highest BCUT2D eigenvalue weighted by Gasteiger charge is 2.31. The summed E-state index contributed by atoms with van der Waals surface area (Å²) in [7, 11) is 4.03. The zero-order valence-electron chi connectivity index (χ0n) is 20.2. The summed E-state index contributed by atoms with van der Waals surface area (Å²) in [5, 5.41) is 7.02. The van der Waals surface area contributed by atoms with Gasteiger partial charge in [-0.2, -0.15) is 0 Å². The van der Waals surface area contributed by atoms with Crippen LogP contribution in [0.15, 0.2) is 29.3 Å². The van der Waals surface area contributed by atoms with Crippen molar-refractivity contribution in [2.75, 3.05) is 47.0 Å². The average molecular weight is 559 g/mol. The van der Waals surface area contributed by atoms with Crippen LogP contribution in [-0.2, 0) is 11.3 Å². The van der Waals surface area contributed by atoms with Gasteiger partial charge in [0.15, 0.2) is 5.96 Å². The van der Waals surface area contributed by atoms with E-state index in [1.807, 2.05) is 13.1 Å². The second-order valence-electron chi connectivity index (χ2n) is 9.16. The smallest absolute Gasteiger partial charge is 0.191 e. The Labute approximate surface area is 211 Å². The van der Waals surface area contributed by atoms with Crippen LogP contribution in [0.1, 0.15) is 57.4 Å². The molecule has 0 atom stereocenters. The zero-order valence-corrected chi connectivity index (χ0v) is 22.5. The quantitative estimate of drug-likeness (QED) is 0.253. The summed E-state index contributed by atoms with van der Waals surface area (Å²) < 4.78 is 11.5. The maximum Gasteiger partial charge on any atom is 0.191 e. The summed E-state index contributed by atoms with van der Waals surface area (Å²) in [5.41, 5.74) is 1.65. The molecule has 1 aromatic carbocycles. The fraction of sp³-hybridized carbons (Fsp3) is 0.720. The van der Waals surface area contributed by atoms with E-state index in [0.29, 0.717) is 18.1 Å².